The van der Waals surface area contributed by atoms with Gasteiger partial charge in [0, 0.05) is 12.6 Å². The van der Waals surface area contributed by atoms with Crippen LogP contribution in [0.3, 0.4) is 0 Å². The van der Waals surface area contributed by atoms with Gasteiger partial charge in [-0.2, -0.15) is 0 Å². The largest absolute Gasteiger partial charge is 0.481 e. The molecule has 0 spiro atoms. The molecule has 0 radical (unpaired) electrons. The topological polar surface area (TPSA) is 60.2 Å². The number of aromatic nitrogens is 1. The molecule has 0 aliphatic heterocycles. The van der Waals surface area contributed by atoms with Gasteiger partial charge < -0.3 is 15.8 Å². The van der Waals surface area contributed by atoms with Crippen molar-refractivity contribution in [3.63, 3.8) is 0 Å². The van der Waals surface area contributed by atoms with Crippen LogP contribution < -0.4 is 15.8 Å². The first-order chi connectivity index (χ1) is 7.67. The SMILES string of the molecule is COc1ccc(NCC(CN)C(C)C)cn1. The highest BCUT2D eigenvalue weighted by atomic mass is 16.5. The van der Waals surface area contributed by atoms with E-state index in [4.69, 9.17) is 10.5 Å². The van der Waals surface area contributed by atoms with Gasteiger partial charge >= 0.3 is 0 Å². The number of nitrogens with zero attached hydrogens (tertiary/aromatic N) is 1. The third-order valence-corrected chi connectivity index (χ3v) is 2.76. The summed E-state index contributed by atoms with van der Waals surface area (Å²) in [6.45, 7) is 5.95. The third kappa shape index (κ3) is 3.70. The van der Waals surface area contributed by atoms with E-state index in [-0.39, 0.29) is 0 Å². The molecule has 0 bridgehead atoms. The van der Waals surface area contributed by atoms with Gasteiger partial charge in [0.1, 0.15) is 0 Å². The molecule has 0 aliphatic rings. The number of rotatable bonds is 6. The van der Waals surface area contributed by atoms with Crippen molar-refractivity contribution in [2.24, 2.45) is 17.6 Å². The highest BCUT2D eigenvalue weighted by molar-refractivity contribution is 5.41. The van der Waals surface area contributed by atoms with E-state index in [9.17, 15) is 0 Å². The zero-order valence-corrected chi connectivity index (χ0v) is 10.2. The van der Waals surface area contributed by atoms with Gasteiger partial charge in [-0.15, -0.1) is 0 Å². The third-order valence-electron chi connectivity index (χ3n) is 2.76. The Bertz CT molecular complexity index is 298. The van der Waals surface area contributed by atoms with Crippen LogP contribution in [0.4, 0.5) is 5.69 Å². The Kier molecular flexibility index (Phi) is 5.05. The second-order valence-electron chi connectivity index (χ2n) is 4.21. The summed E-state index contributed by atoms with van der Waals surface area (Å²) >= 11 is 0. The number of hydrogen-bond acceptors (Lipinski definition) is 4. The minimum Gasteiger partial charge on any atom is -0.481 e. The number of methoxy groups -OCH3 is 1. The van der Waals surface area contributed by atoms with Crippen LogP contribution in [-0.4, -0.2) is 25.2 Å². The van der Waals surface area contributed by atoms with Crippen molar-refractivity contribution < 1.29 is 4.74 Å². The van der Waals surface area contributed by atoms with Gasteiger partial charge in [0.2, 0.25) is 5.88 Å². The molecular formula is C12H21N3O. The Balaban J connectivity index is 2.47. The smallest absolute Gasteiger partial charge is 0.213 e. The summed E-state index contributed by atoms with van der Waals surface area (Å²) in [5.74, 6) is 1.70. The Morgan fingerprint density at radius 1 is 1.44 bits per heavy atom. The highest BCUT2D eigenvalue weighted by Crippen LogP contribution is 2.14. The molecule has 0 amide bonds. The Labute approximate surface area is 97.2 Å². The molecule has 1 heterocycles. The van der Waals surface area contributed by atoms with Crippen molar-refractivity contribution in [3.05, 3.63) is 18.3 Å². The first-order valence-electron chi connectivity index (χ1n) is 5.61. The predicted molar refractivity (Wildman–Crippen MR) is 66.7 cm³/mol. The van der Waals surface area contributed by atoms with E-state index in [1.54, 1.807) is 13.3 Å². The second kappa shape index (κ2) is 6.33. The van der Waals surface area contributed by atoms with Gasteiger partial charge in [-0.25, -0.2) is 4.98 Å². The van der Waals surface area contributed by atoms with Gasteiger partial charge in [-0.3, -0.25) is 0 Å². The van der Waals surface area contributed by atoms with Crippen LogP contribution in [0.15, 0.2) is 18.3 Å². The summed E-state index contributed by atoms with van der Waals surface area (Å²) in [6.07, 6.45) is 1.77. The molecule has 0 aliphatic carbocycles. The molecule has 0 saturated heterocycles. The lowest BCUT2D eigenvalue weighted by atomic mass is 9.96. The molecule has 90 valence electrons. The average molecular weight is 223 g/mol. The van der Waals surface area contributed by atoms with Gasteiger partial charge in [0.15, 0.2) is 0 Å². The second-order valence-corrected chi connectivity index (χ2v) is 4.21. The molecule has 1 aromatic heterocycles. The van der Waals surface area contributed by atoms with E-state index in [0.717, 1.165) is 12.2 Å². The molecule has 4 nitrogen and oxygen atoms in total. The van der Waals surface area contributed by atoms with Gasteiger partial charge in [-0.05, 0) is 24.4 Å². The van der Waals surface area contributed by atoms with Gasteiger partial charge in [-0.1, -0.05) is 13.8 Å². The molecule has 16 heavy (non-hydrogen) atoms. The first-order valence-corrected chi connectivity index (χ1v) is 5.61. The van der Waals surface area contributed by atoms with Crippen molar-refractivity contribution >= 4 is 5.69 Å². The summed E-state index contributed by atoms with van der Waals surface area (Å²) in [5, 5.41) is 3.33. The van der Waals surface area contributed by atoms with Crippen molar-refractivity contribution in [2.75, 3.05) is 25.5 Å². The van der Waals surface area contributed by atoms with Crippen molar-refractivity contribution in [2.45, 2.75) is 13.8 Å². The Morgan fingerprint density at radius 3 is 2.62 bits per heavy atom. The monoisotopic (exact) mass is 223 g/mol. The maximum absolute atomic E-state index is 5.71. The molecule has 1 rings (SSSR count). The minimum absolute atomic E-state index is 0.488. The summed E-state index contributed by atoms with van der Waals surface area (Å²) < 4.78 is 5.00. The summed E-state index contributed by atoms with van der Waals surface area (Å²) in [6, 6.07) is 3.80. The molecule has 4 heteroatoms. The van der Waals surface area contributed by atoms with E-state index in [1.165, 1.54) is 0 Å². The first kappa shape index (κ1) is 12.8. The van der Waals surface area contributed by atoms with Crippen LogP contribution in [-0.2, 0) is 0 Å². The fourth-order valence-corrected chi connectivity index (χ4v) is 1.45. The maximum atomic E-state index is 5.71. The van der Waals surface area contributed by atoms with Crippen LogP contribution in [0.2, 0.25) is 0 Å². The lowest BCUT2D eigenvalue weighted by Crippen LogP contribution is -2.27. The van der Waals surface area contributed by atoms with Crippen LogP contribution in [0.25, 0.3) is 0 Å². The Morgan fingerprint density at radius 2 is 2.19 bits per heavy atom. The highest BCUT2D eigenvalue weighted by Gasteiger charge is 2.10. The molecule has 0 aromatic carbocycles. The fourth-order valence-electron chi connectivity index (χ4n) is 1.45. The van der Waals surface area contributed by atoms with Crippen molar-refractivity contribution in [1.29, 1.82) is 0 Å². The van der Waals surface area contributed by atoms with Gasteiger partial charge in [0.25, 0.3) is 0 Å². The molecular weight excluding hydrogens is 202 g/mol. The minimum atomic E-state index is 0.488. The van der Waals surface area contributed by atoms with Crippen LogP contribution >= 0.6 is 0 Å². The van der Waals surface area contributed by atoms with E-state index in [2.05, 4.69) is 24.1 Å². The fraction of sp³-hybridized carbons (Fsp3) is 0.583. The molecule has 1 aromatic rings. The van der Waals surface area contributed by atoms with E-state index >= 15 is 0 Å². The Hall–Kier alpha value is -1.29. The summed E-state index contributed by atoms with van der Waals surface area (Å²) in [7, 11) is 1.61. The number of nitrogens with two attached hydrogens (primary N) is 1. The van der Waals surface area contributed by atoms with Crippen LogP contribution in [0, 0.1) is 11.8 Å². The van der Waals surface area contributed by atoms with E-state index in [0.29, 0.717) is 24.3 Å². The lowest BCUT2D eigenvalue weighted by Gasteiger charge is -2.19. The lowest BCUT2D eigenvalue weighted by molar-refractivity contribution is 0.397. The zero-order chi connectivity index (χ0) is 12.0. The standard InChI is InChI=1S/C12H21N3O/c1-9(2)10(6-13)7-14-11-4-5-12(16-3)15-8-11/h4-5,8-10,14H,6-7,13H2,1-3H3. The molecule has 0 saturated carbocycles. The normalized spacial score (nSPS) is 12.6. The van der Waals surface area contributed by atoms with E-state index < -0.39 is 0 Å². The number of hydrogen-bond donors (Lipinski definition) is 2. The maximum Gasteiger partial charge on any atom is 0.213 e. The molecule has 1 atom stereocenters. The molecule has 1 unspecified atom stereocenters. The number of nitrogens with one attached hydrogen (secondary N) is 1. The number of anilines is 1. The van der Waals surface area contributed by atoms with Crippen molar-refractivity contribution in [1.82, 2.24) is 4.98 Å². The summed E-state index contributed by atoms with van der Waals surface area (Å²) in [5.41, 5.74) is 6.71. The van der Waals surface area contributed by atoms with E-state index in [1.807, 2.05) is 12.1 Å². The average Bonchev–Trinajstić information content (AvgIpc) is 2.30. The number of ether oxygens (including phenoxy) is 1. The van der Waals surface area contributed by atoms with Gasteiger partial charge in [0.05, 0.1) is 19.0 Å². The molecule has 3 N–H and O–H groups in total. The quantitative estimate of drug-likeness (QED) is 0.771. The predicted octanol–water partition coefficient (Wildman–Crippen LogP) is 1.73. The van der Waals surface area contributed by atoms with Crippen LogP contribution in [0.1, 0.15) is 13.8 Å². The zero-order valence-electron chi connectivity index (χ0n) is 10.2. The van der Waals surface area contributed by atoms with Crippen molar-refractivity contribution in [3.8, 4) is 5.88 Å². The number of pyridine rings is 1. The van der Waals surface area contributed by atoms with Crippen LogP contribution in [0.5, 0.6) is 5.88 Å². The molecule has 0 fully saturated rings. The summed E-state index contributed by atoms with van der Waals surface area (Å²) in [4.78, 5) is 4.13.